The minimum absolute atomic E-state index is 0.0322. The van der Waals surface area contributed by atoms with Gasteiger partial charge in [-0.25, -0.2) is 0 Å². The van der Waals surface area contributed by atoms with Crippen LogP contribution in [0.1, 0.15) is 72.9 Å². The maximum absolute atomic E-state index is 9.55. The summed E-state index contributed by atoms with van der Waals surface area (Å²) >= 11 is 0. The number of benzene rings is 4. The lowest BCUT2D eigenvalue weighted by Gasteiger charge is -2.45. The summed E-state index contributed by atoms with van der Waals surface area (Å²) in [5.74, 6) is 2.71. The third-order valence-electron chi connectivity index (χ3n) is 8.79. The van der Waals surface area contributed by atoms with E-state index in [2.05, 4.69) is 145 Å². The molecule has 0 saturated heterocycles. The first kappa shape index (κ1) is 42.1. The van der Waals surface area contributed by atoms with Gasteiger partial charge in [0.2, 0.25) is 0 Å². The second kappa shape index (κ2) is 20.6. The van der Waals surface area contributed by atoms with Crippen LogP contribution in [0.4, 0.5) is 0 Å². The van der Waals surface area contributed by atoms with Crippen LogP contribution in [0, 0.1) is 12.3 Å². The fraction of sp³-hybridized carbons (Fsp3) is 0.409. The second-order valence-electron chi connectivity index (χ2n) is 14.4. The third-order valence-corrected chi connectivity index (χ3v) is 19.1. The van der Waals surface area contributed by atoms with E-state index >= 15 is 0 Å². The number of hydrogen-bond acceptors (Lipinski definition) is 5. The highest BCUT2D eigenvalue weighted by atomic mass is 28.4. The van der Waals surface area contributed by atoms with E-state index in [1.165, 1.54) is 35.6 Å². The molecule has 0 amide bonds. The van der Waals surface area contributed by atoms with Gasteiger partial charge in [-0.1, -0.05) is 184 Å². The molecule has 4 aromatic rings. The van der Waals surface area contributed by atoms with Gasteiger partial charge in [-0.3, -0.25) is 0 Å². The standard InChI is InChI=1S/C23H30O3Si.C19H26O2Si.2CH4/c1-7-22(25-18-24-6)19(2)26-27(23(3,4)5,20-14-10-8-11-15-20)21-16-12-9-13-17-21;1-16(15-20)21-22(19(2,3)4,17-11-7-5-8-12-17)18-13-9-6-10-14-18;;/h1,8-17,19,22H,18H2,2-6H3;5-14,16,20H,15H2,1-4H3;2*1H4/t19-,22+;16-;;/m00../s1/i;;2*1T. The Morgan fingerprint density at radius 1 is 0.647 bits per heavy atom. The van der Waals surface area contributed by atoms with Crippen LogP contribution < -0.4 is 20.7 Å². The minimum Gasteiger partial charge on any atom is -0.402 e. The average Bonchev–Trinajstić information content (AvgIpc) is 3.18. The molecule has 0 aromatic heterocycles. The molecular formula is C44H64O5Si2. The van der Waals surface area contributed by atoms with Crippen molar-refractivity contribution < 1.29 is 26.2 Å². The van der Waals surface area contributed by atoms with Crippen LogP contribution in [0.25, 0.3) is 0 Å². The zero-order valence-corrected chi connectivity index (χ0v) is 34.9. The predicted molar refractivity (Wildman–Crippen MR) is 222 cm³/mol. The van der Waals surface area contributed by atoms with Crippen LogP contribution in [-0.4, -0.2) is 60.6 Å². The highest BCUT2D eigenvalue weighted by molar-refractivity contribution is 7.00. The third kappa shape index (κ3) is 10.8. The smallest absolute Gasteiger partial charge is 0.261 e. The molecule has 7 heteroatoms. The van der Waals surface area contributed by atoms with Crippen molar-refractivity contribution in [1.82, 2.24) is 0 Å². The minimum atomic E-state index is -2.65. The molecule has 5 nitrogen and oxygen atoms in total. The van der Waals surface area contributed by atoms with Gasteiger partial charge in [-0.15, -0.1) is 6.42 Å². The first-order chi connectivity index (χ1) is 25.3. The van der Waals surface area contributed by atoms with E-state index in [1.54, 1.807) is 7.11 Å². The van der Waals surface area contributed by atoms with Crippen molar-refractivity contribution >= 4 is 37.4 Å². The van der Waals surface area contributed by atoms with Crippen molar-refractivity contribution in [3.63, 3.8) is 0 Å². The Morgan fingerprint density at radius 3 is 1.22 bits per heavy atom. The summed E-state index contributed by atoms with van der Waals surface area (Å²) in [6.07, 6.45) is 4.77. The molecule has 1 N–H and O–H groups in total. The Morgan fingerprint density at radius 2 is 0.961 bits per heavy atom. The first-order valence-electron chi connectivity index (χ1n) is 19.0. The topological polar surface area (TPSA) is 57.2 Å². The quantitative estimate of drug-likeness (QED) is 0.0865. The Labute approximate surface area is 315 Å². The van der Waals surface area contributed by atoms with Gasteiger partial charge in [-0.2, -0.15) is 0 Å². The molecule has 278 valence electrons. The first-order valence-corrected chi connectivity index (χ1v) is 20.9. The Hall–Kier alpha value is -3.33. The zero-order valence-electron chi connectivity index (χ0n) is 34.9. The number of aliphatic hydroxyl groups excluding tert-OH is 1. The van der Waals surface area contributed by atoms with Crippen molar-refractivity contribution in [3.05, 3.63) is 121 Å². The van der Waals surface area contributed by atoms with Crippen molar-refractivity contribution in [2.45, 2.75) is 98.6 Å². The van der Waals surface area contributed by atoms with Gasteiger partial charge in [-0.05, 0) is 44.7 Å². The van der Waals surface area contributed by atoms with E-state index in [1.807, 2.05) is 38.1 Å². The van der Waals surface area contributed by atoms with E-state index < -0.39 is 22.7 Å². The van der Waals surface area contributed by atoms with Gasteiger partial charge in [0, 0.05) is 9.85 Å². The largest absolute Gasteiger partial charge is 0.402 e. The maximum Gasteiger partial charge on any atom is 0.261 e. The van der Waals surface area contributed by atoms with Crippen LogP contribution in [0.2, 0.25) is 10.1 Å². The lowest BCUT2D eigenvalue weighted by Crippen LogP contribution is -2.68. The summed E-state index contributed by atoms with van der Waals surface area (Å²) in [6.45, 7) is 17.6. The van der Waals surface area contributed by atoms with Crippen LogP contribution in [0.15, 0.2) is 121 Å². The lowest BCUT2D eigenvalue weighted by atomic mass is 10.2. The van der Waals surface area contributed by atoms with Crippen LogP contribution in [-0.2, 0) is 18.3 Å². The molecule has 4 aromatic carbocycles. The van der Waals surface area contributed by atoms with Gasteiger partial charge in [0.1, 0.15) is 12.9 Å². The molecular weight excluding hydrogens is 665 g/mol. The molecule has 0 saturated carbocycles. The van der Waals surface area contributed by atoms with Crippen molar-refractivity contribution in [2.75, 3.05) is 20.5 Å². The highest BCUT2D eigenvalue weighted by Crippen LogP contribution is 2.39. The number of ether oxygens (including phenoxy) is 2. The van der Waals surface area contributed by atoms with Crippen LogP contribution >= 0.6 is 0 Å². The zero-order chi connectivity index (χ0) is 40.1. The molecule has 0 heterocycles. The van der Waals surface area contributed by atoms with E-state index in [0.29, 0.717) is 0 Å². The number of methoxy groups -OCH3 is 1. The number of aliphatic hydroxyl groups is 1. The molecule has 3 atom stereocenters. The second-order valence-corrected chi connectivity index (χ2v) is 22.9. The molecule has 51 heavy (non-hydrogen) atoms. The summed E-state index contributed by atoms with van der Waals surface area (Å²) in [6, 6.07) is 42.0. The number of hydrogen-bond donors (Lipinski definition) is 1. The lowest BCUT2D eigenvalue weighted by molar-refractivity contribution is -0.0819. The van der Waals surface area contributed by atoms with Crippen molar-refractivity contribution in [2.24, 2.45) is 0 Å². The van der Waals surface area contributed by atoms with E-state index in [9.17, 15) is 5.11 Å². The van der Waals surface area contributed by atoms with E-state index in [-0.39, 0.29) is 35.7 Å². The molecule has 0 aliphatic heterocycles. The summed E-state index contributed by atoms with van der Waals surface area (Å²) in [7, 11) is -1.06. The molecule has 0 spiro atoms. The van der Waals surface area contributed by atoms with Gasteiger partial charge < -0.3 is 23.4 Å². The Kier molecular flexibility index (Phi) is 17.0. The average molecular weight is 733 g/mol. The number of rotatable bonds is 13. The molecule has 0 aliphatic rings. The van der Waals surface area contributed by atoms with Crippen molar-refractivity contribution in [3.8, 4) is 12.3 Å². The van der Waals surface area contributed by atoms with E-state index in [4.69, 9.17) is 27.5 Å². The van der Waals surface area contributed by atoms with Gasteiger partial charge in [0.25, 0.3) is 16.6 Å². The Balaban J connectivity index is 0.000000492. The normalized spacial score (nSPS) is 13.9. The summed E-state index contributed by atoms with van der Waals surface area (Å²) in [5, 5.41) is 14.3. The molecule has 0 unspecified atom stereocenters. The summed E-state index contributed by atoms with van der Waals surface area (Å²) in [5.41, 5.74) is 0. The van der Waals surface area contributed by atoms with Gasteiger partial charge in [0.05, 0.1) is 18.8 Å². The molecule has 0 aliphatic carbocycles. The monoisotopic (exact) mass is 732 g/mol. The van der Waals surface area contributed by atoms with Crippen molar-refractivity contribution in [1.29, 1.82) is 0 Å². The predicted octanol–water partition coefficient (Wildman–Crippen LogP) is 7.79. The summed E-state index contributed by atoms with van der Waals surface area (Å²) < 4.78 is 35.8. The van der Waals surface area contributed by atoms with Gasteiger partial charge >= 0.3 is 0 Å². The SMILES string of the molecule is C#C[C@@H](OCOC)[C@H](C)O[Si](c1ccccc1)(c1ccccc1)C(C)(C)C.C[C@@H](CO)O[Si](c1ccccc1)(c1ccccc1)C(C)(C)C.[3H]C.[3H]C. The fourth-order valence-corrected chi connectivity index (χ4v) is 15.9. The van der Waals surface area contributed by atoms with Crippen LogP contribution in [0.5, 0.6) is 0 Å². The van der Waals surface area contributed by atoms with Crippen LogP contribution in [0.3, 0.4) is 0 Å². The van der Waals surface area contributed by atoms with E-state index in [0.717, 1.165) is 0 Å². The van der Waals surface area contributed by atoms with Gasteiger partial charge in [0.15, 0.2) is 0 Å². The number of terminal acetylenes is 1. The molecule has 0 fully saturated rings. The Bertz CT molecular complexity index is 1480. The maximum atomic E-state index is 9.55. The summed E-state index contributed by atoms with van der Waals surface area (Å²) in [4.78, 5) is 0. The fourth-order valence-electron chi connectivity index (χ4n) is 6.52. The molecule has 0 bridgehead atoms. The molecule has 0 radical (unpaired) electrons. The highest BCUT2D eigenvalue weighted by Gasteiger charge is 2.52. The molecule has 4 rings (SSSR count).